The lowest BCUT2D eigenvalue weighted by molar-refractivity contribution is 0.0696. The molecule has 112 valence electrons. The fourth-order valence-corrected chi connectivity index (χ4v) is 2.82. The largest absolute Gasteiger partial charge is 0.478 e. The van der Waals surface area contributed by atoms with E-state index in [1.165, 1.54) is 6.92 Å². The number of carboxylic acids is 1. The molecule has 10 heteroatoms. The fraction of sp³-hybridized carbons (Fsp3) is 0.182. The second kappa shape index (κ2) is 5.58. The second-order valence-corrected chi connectivity index (χ2v) is 5.79. The number of hydrogen-bond donors (Lipinski definition) is 2. The number of benzene rings is 1. The maximum atomic E-state index is 13.6. The highest BCUT2D eigenvalue weighted by molar-refractivity contribution is 7.89. The van der Waals surface area contributed by atoms with Crippen molar-refractivity contribution in [2.75, 3.05) is 0 Å². The molecule has 0 amide bonds. The number of nitrogens with one attached hydrogen (secondary N) is 1. The lowest BCUT2D eigenvalue weighted by atomic mass is 10.1. The molecule has 0 unspecified atom stereocenters. The molecule has 0 aliphatic rings. The van der Waals surface area contributed by atoms with Crippen LogP contribution in [0.5, 0.6) is 0 Å². The third-order valence-electron chi connectivity index (χ3n) is 2.66. The van der Waals surface area contributed by atoms with Gasteiger partial charge in [0.2, 0.25) is 16.4 Å². The van der Waals surface area contributed by atoms with Crippen LogP contribution >= 0.6 is 0 Å². The van der Waals surface area contributed by atoms with Gasteiger partial charge in [0, 0.05) is 5.56 Å². The maximum Gasteiger partial charge on any atom is 0.335 e. The molecule has 0 aliphatic heterocycles. The Morgan fingerprint density at radius 1 is 1.48 bits per heavy atom. The van der Waals surface area contributed by atoms with Crippen LogP contribution in [0.1, 0.15) is 21.7 Å². The predicted molar refractivity (Wildman–Crippen MR) is 66.4 cm³/mol. The molecule has 0 saturated heterocycles. The molecule has 0 saturated carbocycles. The van der Waals surface area contributed by atoms with E-state index in [0.29, 0.717) is 0 Å². The first-order valence-corrected chi connectivity index (χ1v) is 7.08. The van der Waals surface area contributed by atoms with Crippen molar-refractivity contribution in [3.63, 3.8) is 0 Å². The lowest BCUT2D eigenvalue weighted by Crippen LogP contribution is -2.25. The molecule has 8 nitrogen and oxygen atoms in total. The van der Waals surface area contributed by atoms with E-state index in [0.717, 1.165) is 18.5 Å². The average Bonchev–Trinajstić information content (AvgIpc) is 2.92. The fourth-order valence-electron chi connectivity index (χ4n) is 1.56. The summed E-state index contributed by atoms with van der Waals surface area (Å²) in [5.41, 5.74) is -0.640. The van der Waals surface area contributed by atoms with Gasteiger partial charge in [0.05, 0.1) is 17.0 Å². The first-order chi connectivity index (χ1) is 9.81. The minimum absolute atomic E-state index is 0.0890. The molecule has 0 radical (unpaired) electrons. The summed E-state index contributed by atoms with van der Waals surface area (Å²) in [6.45, 7) is 0.973. The molecule has 2 N–H and O–H groups in total. The molecule has 21 heavy (non-hydrogen) atoms. The third kappa shape index (κ3) is 3.23. The van der Waals surface area contributed by atoms with Gasteiger partial charge in [-0.3, -0.25) is 0 Å². The number of carboxylic acid groups (broad SMARTS) is 1. The van der Waals surface area contributed by atoms with Gasteiger partial charge >= 0.3 is 5.97 Å². The van der Waals surface area contributed by atoms with E-state index in [1.54, 1.807) is 0 Å². The van der Waals surface area contributed by atoms with E-state index in [-0.39, 0.29) is 17.9 Å². The Kier molecular flexibility index (Phi) is 4.00. The van der Waals surface area contributed by atoms with E-state index in [9.17, 15) is 17.6 Å². The molecule has 0 fully saturated rings. The summed E-state index contributed by atoms with van der Waals surface area (Å²) in [4.78, 5) is 14.0. The van der Waals surface area contributed by atoms with Gasteiger partial charge in [-0.05, 0) is 19.1 Å². The highest BCUT2D eigenvalue weighted by Gasteiger charge is 2.22. The molecule has 0 bridgehead atoms. The first kappa shape index (κ1) is 15.1. The van der Waals surface area contributed by atoms with Crippen LogP contribution in [0, 0.1) is 12.7 Å². The topological polar surface area (TPSA) is 122 Å². The van der Waals surface area contributed by atoms with Crippen molar-refractivity contribution in [1.82, 2.24) is 14.9 Å². The highest BCUT2D eigenvalue weighted by Crippen LogP contribution is 2.20. The number of rotatable bonds is 5. The van der Waals surface area contributed by atoms with Crippen molar-refractivity contribution in [3.05, 3.63) is 41.3 Å². The summed E-state index contributed by atoms with van der Waals surface area (Å²) in [6.07, 6.45) is 1.03. The summed E-state index contributed by atoms with van der Waals surface area (Å²) in [5, 5.41) is 12.3. The quantitative estimate of drug-likeness (QED) is 0.832. The van der Waals surface area contributed by atoms with Crippen LogP contribution in [0.25, 0.3) is 0 Å². The number of halogens is 1. The number of aromatic carboxylic acids is 1. The van der Waals surface area contributed by atoms with Gasteiger partial charge < -0.3 is 9.63 Å². The van der Waals surface area contributed by atoms with Gasteiger partial charge in [-0.25, -0.2) is 22.3 Å². The number of nitrogens with zero attached hydrogens (tertiary/aromatic N) is 2. The third-order valence-corrected chi connectivity index (χ3v) is 4.19. The van der Waals surface area contributed by atoms with Crippen LogP contribution in [-0.2, 0) is 16.6 Å². The molecule has 0 atom stereocenters. The van der Waals surface area contributed by atoms with Crippen molar-refractivity contribution in [1.29, 1.82) is 0 Å². The molecular weight excluding hydrogens is 305 g/mol. The Balaban J connectivity index is 2.37. The van der Waals surface area contributed by atoms with Crippen molar-refractivity contribution in [2.24, 2.45) is 0 Å². The monoisotopic (exact) mass is 315 g/mol. The minimum Gasteiger partial charge on any atom is -0.478 e. The van der Waals surface area contributed by atoms with E-state index in [1.807, 2.05) is 0 Å². The van der Waals surface area contributed by atoms with Gasteiger partial charge in [-0.15, -0.1) is 0 Å². The summed E-state index contributed by atoms with van der Waals surface area (Å²) < 4.78 is 44.5. The zero-order valence-electron chi connectivity index (χ0n) is 10.7. The van der Waals surface area contributed by atoms with Crippen LogP contribution in [0.4, 0.5) is 4.39 Å². The van der Waals surface area contributed by atoms with Crippen LogP contribution in [0.15, 0.2) is 27.9 Å². The average molecular weight is 315 g/mol. The predicted octanol–water partition coefficient (Wildman–Crippen LogP) is 0.694. The van der Waals surface area contributed by atoms with Crippen molar-refractivity contribution in [2.45, 2.75) is 18.4 Å². The highest BCUT2D eigenvalue weighted by atomic mass is 32.2. The van der Waals surface area contributed by atoms with Gasteiger partial charge in [0.1, 0.15) is 5.82 Å². The molecule has 0 aliphatic carbocycles. The summed E-state index contributed by atoms with van der Waals surface area (Å²) >= 11 is 0. The van der Waals surface area contributed by atoms with Crippen molar-refractivity contribution < 1.29 is 27.2 Å². The molecule has 2 aromatic rings. The standard InChI is InChI=1S/C11H10FN3O5S/c1-6-8(12)2-7(11(16)17)3-9(6)21(18,19)14-4-10-13-5-20-15-10/h2-3,5,14H,4H2,1H3,(H,16,17). The van der Waals surface area contributed by atoms with E-state index in [4.69, 9.17) is 5.11 Å². The van der Waals surface area contributed by atoms with E-state index < -0.39 is 32.3 Å². The van der Waals surface area contributed by atoms with Crippen LogP contribution in [0.2, 0.25) is 0 Å². The second-order valence-electron chi connectivity index (χ2n) is 4.06. The number of hydrogen-bond acceptors (Lipinski definition) is 6. The molecular formula is C11H10FN3O5S. The maximum absolute atomic E-state index is 13.6. The van der Waals surface area contributed by atoms with Crippen LogP contribution in [0.3, 0.4) is 0 Å². The van der Waals surface area contributed by atoms with E-state index >= 15 is 0 Å². The van der Waals surface area contributed by atoms with Gasteiger partial charge in [-0.1, -0.05) is 5.16 Å². The van der Waals surface area contributed by atoms with Crippen LogP contribution < -0.4 is 4.72 Å². The summed E-state index contributed by atoms with van der Waals surface area (Å²) in [5.74, 6) is -2.26. The Bertz CT molecular complexity index is 773. The van der Waals surface area contributed by atoms with Crippen molar-refractivity contribution in [3.8, 4) is 0 Å². The Morgan fingerprint density at radius 2 is 2.19 bits per heavy atom. The van der Waals surface area contributed by atoms with Crippen LogP contribution in [-0.4, -0.2) is 29.6 Å². The first-order valence-electron chi connectivity index (χ1n) is 5.59. The number of carbonyl (C=O) groups is 1. The lowest BCUT2D eigenvalue weighted by Gasteiger charge is -2.10. The van der Waals surface area contributed by atoms with Gasteiger partial charge in [0.25, 0.3) is 0 Å². The summed E-state index contributed by atoms with van der Waals surface area (Å²) in [6, 6.07) is 1.65. The van der Waals surface area contributed by atoms with Gasteiger partial charge in [0.15, 0.2) is 5.82 Å². The molecule has 2 rings (SSSR count). The zero-order valence-corrected chi connectivity index (χ0v) is 11.5. The normalized spacial score (nSPS) is 11.5. The smallest absolute Gasteiger partial charge is 0.335 e. The zero-order chi connectivity index (χ0) is 15.6. The van der Waals surface area contributed by atoms with Crippen molar-refractivity contribution >= 4 is 16.0 Å². The Labute approximate surface area is 118 Å². The Morgan fingerprint density at radius 3 is 2.76 bits per heavy atom. The molecule has 1 aromatic carbocycles. The number of sulfonamides is 1. The molecule has 0 spiro atoms. The SMILES string of the molecule is Cc1c(F)cc(C(=O)O)cc1S(=O)(=O)NCc1ncon1. The summed E-state index contributed by atoms with van der Waals surface area (Å²) in [7, 11) is -4.12. The van der Waals surface area contributed by atoms with Gasteiger partial charge in [-0.2, -0.15) is 4.98 Å². The van der Waals surface area contributed by atoms with E-state index in [2.05, 4.69) is 19.4 Å². The Hall–Kier alpha value is -2.33. The number of aromatic nitrogens is 2. The minimum atomic E-state index is -4.12. The molecule has 1 aromatic heterocycles. The molecule has 1 heterocycles.